The predicted molar refractivity (Wildman–Crippen MR) is 63.9 cm³/mol. The maximum atomic E-state index is 11.9. The van der Waals surface area contributed by atoms with Crippen molar-refractivity contribution in [2.75, 3.05) is 13.1 Å². The van der Waals surface area contributed by atoms with E-state index in [1.165, 1.54) is 6.92 Å². The summed E-state index contributed by atoms with van der Waals surface area (Å²) in [6, 6.07) is -0.585. The van der Waals surface area contributed by atoms with Crippen molar-refractivity contribution in [1.82, 2.24) is 16.0 Å². The fourth-order valence-electron chi connectivity index (χ4n) is 1.83. The molecule has 7 nitrogen and oxygen atoms in total. The summed E-state index contributed by atoms with van der Waals surface area (Å²) in [6.45, 7) is 3.58. The van der Waals surface area contributed by atoms with Crippen LogP contribution < -0.4 is 16.0 Å². The zero-order chi connectivity index (χ0) is 13.8. The smallest absolute Gasteiger partial charge is 0.329 e. The molecule has 7 heteroatoms. The van der Waals surface area contributed by atoms with Crippen LogP contribution >= 0.6 is 0 Å². The summed E-state index contributed by atoms with van der Waals surface area (Å²) in [6.07, 6.45) is 1.01. The van der Waals surface area contributed by atoms with Crippen LogP contribution in [0.4, 0.5) is 0 Å². The van der Waals surface area contributed by atoms with Crippen molar-refractivity contribution in [3.05, 3.63) is 0 Å². The molecule has 1 rings (SSSR count). The van der Waals surface area contributed by atoms with E-state index in [0.29, 0.717) is 12.8 Å². The molecule has 1 fully saturated rings. The fraction of sp³-hybridized carbons (Fsp3) is 0.727. The van der Waals surface area contributed by atoms with Crippen LogP contribution in [0.3, 0.4) is 0 Å². The number of carbonyl (C=O) groups is 3. The highest BCUT2D eigenvalue weighted by molar-refractivity contribution is 5.91. The third-order valence-corrected chi connectivity index (χ3v) is 2.95. The number of piperazine rings is 1. The van der Waals surface area contributed by atoms with Crippen molar-refractivity contribution in [2.45, 2.75) is 38.3 Å². The summed E-state index contributed by atoms with van der Waals surface area (Å²) >= 11 is 0. The van der Waals surface area contributed by atoms with Crippen molar-refractivity contribution >= 4 is 17.8 Å². The van der Waals surface area contributed by atoms with E-state index in [4.69, 9.17) is 5.11 Å². The first kappa shape index (κ1) is 14.4. The predicted octanol–water partition coefficient (Wildman–Crippen LogP) is -1.17. The van der Waals surface area contributed by atoms with Gasteiger partial charge in [0.2, 0.25) is 11.8 Å². The molecule has 2 unspecified atom stereocenters. The van der Waals surface area contributed by atoms with Crippen LogP contribution in [-0.4, -0.2) is 47.6 Å². The largest absolute Gasteiger partial charge is 0.480 e. The van der Waals surface area contributed by atoms with E-state index in [2.05, 4.69) is 16.0 Å². The molecule has 1 heterocycles. The van der Waals surface area contributed by atoms with Gasteiger partial charge in [-0.3, -0.25) is 14.9 Å². The van der Waals surface area contributed by atoms with Crippen LogP contribution in [0.1, 0.15) is 26.7 Å². The first-order valence-corrected chi connectivity index (χ1v) is 5.94. The molecule has 0 radical (unpaired) electrons. The number of carbonyl (C=O) groups excluding carboxylic acids is 2. The number of hydrogen-bond acceptors (Lipinski definition) is 4. The Labute approximate surface area is 105 Å². The second-order valence-electron chi connectivity index (χ2n) is 4.61. The molecule has 2 atom stereocenters. The Morgan fingerprint density at radius 3 is 2.67 bits per heavy atom. The van der Waals surface area contributed by atoms with E-state index in [-0.39, 0.29) is 19.0 Å². The molecule has 0 aromatic rings. The lowest BCUT2D eigenvalue weighted by Gasteiger charge is -2.30. The molecule has 4 N–H and O–H groups in total. The van der Waals surface area contributed by atoms with Gasteiger partial charge in [0, 0.05) is 6.54 Å². The van der Waals surface area contributed by atoms with Crippen molar-refractivity contribution in [3.8, 4) is 0 Å². The number of carboxylic acid groups (broad SMARTS) is 1. The van der Waals surface area contributed by atoms with E-state index < -0.39 is 23.5 Å². The molecule has 2 amide bonds. The van der Waals surface area contributed by atoms with Gasteiger partial charge in [-0.2, -0.15) is 0 Å². The summed E-state index contributed by atoms with van der Waals surface area (Å²) in [5, 5.41) is 17.0. The summed E-state index contributed by atoms with van der Waals surface area (Å²) in [4.78, 5) is 34.0. The van der Waals surface area contributed by atoms with Crippen LogP contribution in [-0.2, 0) is 14.4 Å². The van der Waals surface area contributed by atoms with Crippen LogP contribution in [0.15, 0.2) is 0 Å². The van der Waals surface area contributed by atoms with Crippen LogP contribution in [0.25, 0.3) is 0 Å². The molecule has 1 aliphatic rings. The highest BCUT2D eigenvalue weighted by atomic mass is 16.4. The summed E-state index contributed by atoms with van der Waals surface area (Å²) < 4.78 is 0. The van der Waals surface area contributed by atoms with E-state index >= 15 is 0 Å². The zero-order valence-corrected chi connectivity index (χ0v) is 10.6. The molecule has 0 spiro atoms. The summed E-state index contributed by atoms with van der Waals surface area (Å²) in [5.74, 6) is -1.64. The quantitative estimate of drug-likeness (QED) is 0.496. The lowest BCUT2D eigenvalue weighted by Crippen LogP contribution is -2.62. The Bertz CT molecular complexity index is 348. The Morgan fingerprint density at radius 1 is 1.56 bits per heavy atom. The molecule has 1 aliphatic heterocycles. The van der Waals surface area contributed by atoms with Gasteiger partial charge >= 0.3 is 5.97 Å². The Kier molecular flexibility index (Phi) is 4.66. The van der Waals surface area contributed by atoms with Crippen LogP contribution in [0.2, 0.25) is 0 Å². The zero-order valence-electron chi connectivity index (χ0n) is 10.6. The van der Waals surface area contributed by atoms with Gasteiger partial charge in [0.15, 0.2) is 0 Å². The monoisotopic (exact) mass is 257 g/mol. The second-order valence-corrected chi connectivity index (χ2v) is 4.61. The Morgan fingerprint density at radius 2 is 2.22 bits per heavy atom. The van der Waals surface area contributed by atoms with Crippen molar-refractivity contribution in [3.63, 3.8) is 0 Å². The second kappa shape index (κ2) is 5.81. The van der Waals surface area contributed by atoms with Gasteiger partial charge < -0.3 is 15.7 Å². The normalized spacial score (nSPS) is 22.8. The third kappa shape index (κ3) is 3.43. The molecule has 102 valence electrons. The molecular formula is C11H19N3O4. The third-order valence-electron chi connectivity index (χ3n) is 2.95. The Hall–Kier alpha value is -1.63. The van der Waals surface area contributed by atoms with Gasteiger partial charge in [-0.05, 0) is 13.3 Å². The van der Waals surface area contributed by atoms with Gasteiger partial charge in [0.25, 0.3) is 0 Å². The maximum absolute atomic E-state index is 11.9. The highest BCUT2D eigenvalue weighted by Crippen LogP contribution is 2.13. The minimum atomic E-state index is -1.27. The first-order chi connectivity index (χ1) is 8.39. The topological polar surface area (TPSA) is 108 Å². The van der Waals surface area contributed by atoms with Crippen molar-refractivity contribution in [2.24, 2.45) is 0 Å². The standard InChI is InChI=1S/C11H19N3O4/c1-3-4-11(2,10(17)18)14-9(16)7-5-13-8(15)6-12-7/h7,12H,3-6H2,1-2H3,(H,13,15)(H,14,16)(H,17,18). The number of amides is 2. The molecule has 0 aromatic heterocycles. The molecule has 18 heavy (non-hydrogen) atoms. The average Bonchev–Trinajstić information content (AvgIpc) is 2.29. The summed E-state index contributed by atoms with van der Waals surface area (Å²) in [5.41, 5.74) is -1.27. The number of aliphatic carboxylic acids is 1. The number of carboxylic acids is 1. The number of hydrogen-bond donors (Lipinski definition) is 4. The van der Waals surface area contributed by atoms with Gasteiger partial charge in [-0.25, -0.2) is 4.79 Å². The number of rotatable bonds is 5. The molecule has 0 bridgehead atoms. The molecular weight excluding hydrogens is 238 g/mol. The SMILES string of the molecule is CCCC(C)(NC(=O)C1CNC(=O)CN1)C(=O)O. The maximum Gasteiger partial charge on any atom is 0.329 e. The van der Waals surface area contributed by atoms with E-state index in [1.807, 2.05) is 6.92 Å². The van der Waals surface area contributed by atoms with E-state index in [0.717, 1.165) is 0 Å². The van der Waals surface area contributed by atoms with Gasteiger partial charge in [0.05, 0.1) is 6.54 Å². The minimum Gasteiger partial charge on any atom is -0.480 e. The van der Waals surface area contributed by atoms with Gasteiger partial charge in [-0.15, -0.1) is 0 Å². The lowest BCUT2D eigenvalue weighted by molar-refractivity contribution is -0.147. The van der Waals surface area contributed by atoms with E-state index in [1.54, 1.807) is 0 Å². The number of nitrogens with one attached hydrogen (secondary N) is 3. The molecule has 1 saturated heterocycles. The Balaban J connectivity index is 2.61. The fourth-order valence-corrected chi connectivity index (χ4v) is 1.83. The molecule has 0 aromatic carbocycles. The van der Waals surface area contributed by atoms with Gasteiger partial charge in [0.1, 0.15) is 11.6 Å². The average molecular weight is 257 g/mol. The van der Waals surface area contributed by atoms with Crippen molar-refractivity contribution < 1.29 is 19.5 Å². The summed E-state index contributed by atoms with van der Waals surface area (Å²) in [7, 11) is 0. The molecule has 0 aliphatic carbocycles. The first-order valence-electron chi connectivity index (χ1n) is 5.94. The van der Waals surface area contributed by atoms with Gasteiger partial charge in [-0.1, -0.05) is 13.3 Å². The highest BCUT2D eigenvalue weighted by Gasteiger charge is 2.36. The van der Waals surface area contributed by atoms with Crippen LogP contribution in [0.5, 0.6) is 0 Å². The van der Waals surface area contributed by atoms with Crippen LogP contribution in [0, 0.1) is 0 Å². The minimum absolute atomic E-state index is 0.0651. The van der Waals surface area contributed by atoms with Crippen molar-refractivity contribution in [1.29, 1.82) is 0 Å². The lowest BCUT2D eigenvalue weighted by atomic mass is 9.95. The van der Waals surface area contributed by atoms with E-state index in [9.17, 15) is 14.4 Å². The molecule has 0 saturated carbocycles.